The molecule has 2 bridgehead atoms. The Kier molecular flexibility index (Phi) is 4.40. The SMILES string of the molecule is Br.Br.C[C@@H]1N[C@H]2CN[C@@H]1C2. The molecule has 2 saturated heterocycles. The predicted octanol–water partition coefficient (Wildman–Crippen LogP) is 0.864. The summed E-state index contributed by atoms with van der Waals surface area (Å²) in [6, 6.07) is 2.28. The number of rotatable bonds is 0. The van der Waals surface area contributed by atoms with E-state index in [1.165, 1.54) is 13.0 Å². The van der Waals surface area contributed by atoms with Crippen LogP contribution in [0.2, 0.25) is 0 Å². The Balaban J connectivity index is 0.000000405. The van der Waals surface area contributed by atoms with Gasteiger partial charge in [-0.15, -0.1) is 34.0 Å². The minimum Gasteiger partial charge on any atom is -0.311 e. The molecule has 2 aliphatic heterocycles. The van der Waals surface area contributed by atoms with Gasteiger partial charge in [0.1, 0.15) is 0 Å². The number of hydrogen-bond acceptors (Lipinski definition) is 2. The maximum atomic E-state index is 3.49. The molecule has 2 fully saturated rings. The normalized spacial score (nSPS) is 42.3. The highest BCUT2D eigenvalue weighted by atomic mass is 79.9. The van der Waals surface area contributed by atoms with Crippen molar-refractivity contribution in [1.29, 1.82) is 0 Å². The second kappa shape index (κ2) is 4.04. The van der Waals surface area contributed by atoms with Crippen LogP contribution in [0, 0.1) is 0 Å². The highest BCUT2D eigenvalue weighted by molar-refractivity contribution is 8.93. The minimum atomic E-state index is 0. The first-order valence-corrected chi connectivity index (χ1v) is 3.36. The van der Waals surface area contributed by atoms with Gasteiger partial charge in [0.05, 0.1) is 0 Å². The van der Waals surface area contributed by atoms with Crippen molar-refractivity contribution in [1.82, 2.24) is 10.6 Å². The number of nitrogens with one attached hydrogen (secondary N) is 2. The largest absolute Gasteiger partial charge is 0.311 e. The summed E-state index contributed by atoms with van der Waals surface area (Å²) in [5, 5.41) is 6.93. The van der Waals surface area contributed by atoms with Gasteiger partial charge in [-0.3, -0.25) is 0 Å². The molecule has 62 valence electrons. The van der Waals surface area contributed by atoms with Crippen LogP contribution in [-0.4, -0.2) is 24.7 Å². The van der Waals surface area contributed by atoms with Gasteiger partial charge in [0.2, 0.25) is 0 Å². The molecule has 2 N–H and O–H groups in total. The lowest BCUT2D eigenvalue weighted by molar-refractivity contribution is 0.435. The first-order chi connectivity index (χ1) is 3.86. The lowest BCUT2D eigenvalue weighted by Gasteiger charge is -2.19. The summed E-state index contributed by atoms with van der Waals surface area (Å²) in [4.78, 5) is 0. The smallest absolute Gasteiger partial charge is 0.0234 e. The summed E-state index contributed by atoms with van der Waals surface area (Å²) in [7, 11) is 0. The zero-order valence-electron chi connectivity index (χ0n) is 5.96. The van der Waals surface area contributed by atoms with Crippen molar-refractivity contribution in [3.05, 3.63) is 0 Å². The molecule has 0 aromatic heterocycles. The molecule has 2 rings (SSSR count). The van der Waals surface area contributed by atoms with E-state index < -0.39 is 0 Å². The molecule has 0 spiro atoms. The van der Waals surface area contributed by atoms with E-state index in [1.807, 2.05) is 0 Å². The summed E-state index contributed by atoms with van der Waals surface area (Å²) in [5.41, 5.74) is 0. The van der Waals surface area contributed by atoms with Crippen LogP contribution < -0.4 is 10.6 Å². The molecule has 0 saturated carbocycles. The molecule has 0 aromatic rings. The summed E-state index contributed by atoms with van der Waals surface area (Å²) < 4.78 is 0. The predicted molar refractivity (Wildman–Crippen MR) is 53.4 cm³/mol. The van der Waals surface area contributed by atoms with Gasteiger partial charge in [0.25, 0.3) is 0 Å². The molecule has 0 aliphatic carbocycles. The molecule has 0 radical (unpaired) electrons. The van der Waals surface area contributed by atoms with E-state index in [1.54, 1.807) is 0 Å². The van der Waals surface area contributed by atoms with E-state index in [-0.39, 0.29) is 34.0 Å². The van der Waals surface area contributed by atoms with Gasteiger partial charge in [-0.05, 0) is 13.3 Å². The summed E-state index contributed by atoms with van der Waals surface area (Å²) >= 11 is 0. The Bertz CT molecular complexity index is 108. The highest BCUT2D eigenvalue weighted by Crippen LogP contribution is 2.17. The molecule has 2 nitrogen and oxygen atoms in total. The zero-order valence-corrected chi connectivity index (χ0v) is 9.39. The van der Waals surface area contributed by atoms with Crippen LogP contribution in [0.15, 0.2) is 0 Å². The summed E-state index contributed by atoms with van der Waals surface area (Å²) in [6.07, 6.45) is 1.35. The molecule has 0 aromatic carbocycles. The van der Waals surface area contributed by atoms with Crippen molar-refractivity contribution in [2.75, 3.05) is 6.54 Å². The van der Waals surface area contributed by atoms with Crippen molar-refractivity contribution in [3.63, 3.8) is 0 Å². The molecular weight excluding hydrogens is 260 g/mol. The van der Waals surface area contributed by atoms with E-state index in [2.05, 4.69) is 17.6 Å². The third kappa shape index (κ3) is 1.72. The molecule has 3 atom stereocenters. The number of fused-ring (bicyclic) bond motifs is 2. The monoisotopic (exact) mass is 272 g/mol. The maximum absolute atomic E-state index is 3.49. The van der Waals surface area contributed by atoms with Crippen molar-refractivity contribution in [2.45, 2.75) is 31.5 Å². The topological polar surface area (TPSA) is 24.1 Å². The van der Waals surface area contributed by atoms with Crippen LogP contribution in [0.25, 0.3) is 0 Å². The van der Waals surface area contributed by atoms with Gasteiger partial charge in [-0.2, -0.15) is 0 Å². The fraction of sp³-hybridized carbons (Fsp3) is 1.00. The Morgan fingerprint density at radius 2 is 2.00 bits per heavy atom. The van der Waals surface area contributed by atoms with Crippen molar-refractivity contribution in [3.8, 4) is 0 Å². The molecule has 2 aliphatic rings. The van der Waals surface area contributed by atoms with Crippen molar-refractivity contribution >= 4 is 34.0 Å². The Morgan fingerprint density at radius 1 is 1.30 bits per heavy atom. The Labute approximate surface area is 82.7 Å². The maximum Gasteiger partial charge on any atom is 0.0234 e. The van der Waals surface area contributed by atoms with Gasteiger partial charge in [0.15, 0.2) is 0 Å². The number of hydrogen-bond donors (Lipinski definition) is 2. The van der Waals surface area contributed by atoms with Crippen LogP contribution in [0.5, 0.6) is 0 Å². The number of piperazine rings is 1. The van der Waals surface area contributed by atoms with Crippen LogP contribution in [0.3, 0.4) is 0 Å². The second-order valence-corrected chi connectivity index (χ2v) is 2.90. The van der Waals surface area contributed by atoms with Crippen molar-refractivity contribution in [2.24, 2.45) is 0 Å². The highest BCUT2D eigenvalue weighted by Gasteiger charge is 2.35. The van der Waals surface area contributed by atoms with Gasteiger partial charge < -0.3 is 10.6 Å². The first-order valence-electron chi connectivity index (χ1n) is 3.36. The van der Waals surface area contributed by atoms with Crippen LogP contribution in [0.4, 0.5) is 0 Å². The standard InChI is InChI=1S/C6H12N2.2BrH/c1-4-6-2-5(8-4)3-7-6;;/h4-8H,2-3H2,1H3;2*1H/t4-,5+,6+;;/m0../s1. The third-order valence-corrected chi connectivity index (χ3v) is 2.27. The molecule has 4 heteroatoms. The average Bonchev–Trinajstić information content (AvgIpc) is 2.23. The molecular formula is C6H14Br2N2. The average molecular weight is 274 g/mol. The van der Waals surface area contributed by atoms with E-state index in [0.717, 1.165) is 12.1 Å². The van der Waals surface area contributed by atoms with E-state index in [9.17, 15) is 0 Å². The van der Waals surface area contributed by atoms with Gasteiger partial charge in [-0.25, -0.2) is 0 Å². The molecule has 2 heterocycles. The van der Waals surface area contributed by atoms with E-state index >= 15 is 0 Å². The zero-order chi connectivity index (χ0) is 5.56. The van der Waals surface area contributed by atoms with Gasteiger partial charge in [-0.1, -0.05) is 0 Å². The van der Waals surface area contributed by atoms with Crippen LogP contribution in [-0.2, 0) is 0 Å². The van der Waals surface area contributed by atoms with Gasteiger partial charge >= 0.3 is 0 Å². The molecule has 0 amide bonds. The fourth-order valence-electron chi connectivity index (χ4n) is 1.76. The molecule has 0 unspecified atom stereocenters. The first kappa shape index (κ1) is 10.9. The Hall–Kier alpha value is 0.880. The number of halogens is 2. The summed E-state index contributed by atoms with van der Waals surface area (Å²) in [5.74, 6) is 0. The van der Waals surface area contributed by atoms with Crippen LogP contribution >= 0.6 is 34.0 Å². The summed E-state index contributed by atoms with van der Waals surface area (Å²) in [6.45, 7) is 3.44. The molecule has 10 heavy (non-hydrogen) atoms. The van der Waals surface area contributed by atoms with E-state index in [4.69, 9.17) is 0 Å². The fourth-order valence-corrected chi connectivity index (χ4v) is 1.76. The van der Waals surface area contributed by atoms with Gasteiger partial charge in [0, 0.05) is 24.7 Å². The lowest BCUT2D eigenvalue weighted by Crippen LogP contribution is -2.46. The lowest BCUT2D eigenvalue weighted by atomic mass is 10.2. The minimum absolute atomic E-state index is 0. The Morgan fingerprint density at radius 3 is 2.20 bits per heavy atom. The van der Waals surface area contributed by atoms with Crippen molar-refractivity contribution < 1.29 is 0 Å². The van der Waals surface area contributed by atoms with Crippen LogP contribution in [0.1, 0.15) is 13.3 Å². The third-order valence-electron chi connectivity index (χ3n) is 2.27. The quantitative estimate of drug-likeness (QED) is 0.684. The second-order valence-electron chi connectivity index (χ2n) is 2.90. The van der Waals surface area contributed by atoms with E-state index in [0.29, 0.717) is 6.04 Å².